The molecule has 0 radical (unpaired) electrons. The Morgan fingerprint density at radius 1 is 1.25 bits per heavy atom. The maximum absolute atomic E-state index is 12.6. The first-order chi connectivity index (χ1) is 12.7. The SMILES string of the molecule is CCOC(=O)C(C)NC(=O)c1ccc(NC(=O)C2CCCCC2(C)N)cc1.Cl. The number of amides is 2. The van der Waals surface area contributed by atoms with Crippen molar-refractivity contribution in [3.8, 4) is 0 Å². The Labute approximate surface area is 172 Å². The molecule has 0 aliphatic heterocycles. The lowest BCUT2D eigenvalue weighted by atomic mass is 9.74. The fraction of sp³-hybridized carbons (Fsp3) is 0.550. The second kappa shape index (κ2) is 10.4. The van der Waals surface area contributed by atoms with Crippen LogP contribution in [0.5, 0.6) is 0 Å². The third kappa shape index (κ3) is 6.21. The summed E-state index contributed by atoms with van der Waals surface area (Å²) in [7, 11) is 0. The summed E-state index contributed by atoms with van der Waals surface area (Å²) >= 11 is 0. The van der Waals surface area contributed by atoms with Crippen molar-refractivity contribution >= 4 is 35.9 Å². The van der Waals surface area contributed by atoms with Crippen LogP contribution < -0.4 is 16.4 Å². The molecule has 0 saturated heterocycles. The van der Waals surface area contributed by atoms with Crippen LogP contribution in [0.1, 0.15) is 56.8 Å². The Balaban J connectivity index is 0.00000392. The highest BCUT2D eigenvalue weighted by atomic mass is 35.5. The van der Waals surface area contributed by atoms with E-state index in [1.54, 1.807) is 38.1 Å². The minimum atomic E-state index is -0.731. The molecule has 8 heteroatoms. The molecule has 3 atom stereocenters. The number of esters is 1. The standard InChI is InChI=1S/C20H29N3O4.ClH/c1-4-27-19(26)13(2)22-17(24)14-8-10-15(11-9-14)23-18(25)16-7-5-6-12-20(16,3)21;/h8-11,13,16H,4-7,12,21H2,1-3H3,(H,22,24)(H,23,25);1H. The summed E-state index contributed by atoms with van der Waals surface area (Å²) in [5, 5.41) is 5.47. The zero-order valence-electron chi connectivity index (χ0n) is 16.6. The monoisotopic (exact) mass is 411 g/mol. The lowest BCUT2D eigenvalue weighted by Crippen LogP contribution is -2.51. The van der Waals surface area contributed by atoms with Gasteiger partial charge in [0.25, 0.3) is 5.91 Å². The number of hydrogen-bond donors (Lipinski definition) is 3. The van der Waals surface area contributed by atoms with Crippen LogP contribution in [0.3, 0.4) is 0 Å². The molecule has 4 N–H and O–H groups in total. The Hall–Kier alpha value is -2.12. The number of hydrogen-bond acceptors (Lipinski definition) is 5. The normalized spacial score (nSPS) is 22.4. The molecule has 1 aliphatic carbocycles. The number of carbonyl (C=O) groups is 3. The number of ether oxygens (including phenoxy) is 1. The minimum absolute atomic E-state index is 0. The van der Waals surface area contributed by atoms with E-state index in [1.807, 2.05) is 6.92 Å². The second-order valence-corrected chi connectivity index (χ2v) is 7.32. The molecular weight excluding hydrogens is 382 g/mol. The van der Waals surface area contributed by atoms with Gasteiger partial charge in [-0.1, -0.05) is 12.8 Å². The van der Waals surface area contributed by atoms with Crippen molar-refractivity contribution in [2.24, 2.45) is 11.7 Å². The van der Waals surface area contributed by atoms with E-state index in [4.69, 9.17) is 10.5 Å². The lowest BCUT2D eigenvalue weighted by Gasteiger charge is -2.37. The second-order valence-electron chi connectivity index (χ2n) is 7.32. The zero-order chi connectivity index (χ0) is 20.0. The Morgan fingerprint density at radius 3 is 2.46 bits per heavy atom. The predicted molar refractivity (Wildman–Crippen MR) is 110 cm³/mol. The molecule has 28 heavy (non-hydrogen) atoms. The van der Waals surface area contributed by atoms with Gasteiger partial charge in [-0.25, -0.2) is 4.79 Å². The predicted octanol–water partition coefficient (Wildman–Crippen LogP) is 2.64. The van der Waals surface area contributed by atoms with Crippen molar-refractivity contribution in [3.05, 3.63) is 29.8 Å². The van der Waals surface area contributed by atoms with E-state index in [1.165, 1.54) is 0 Å². The molecule has 7 nitrogen and oxygen atoms in total. The molecule has 156 valence electrons. The first kappa shape index (κ1) is 23.9. The van der Waals surface area contributed by atoms with E-state index in [2.05, 4.69) is 10.6 Å². The van der Waals surface area contributed by atoms with Crippen molar-refractivity contribution in [1.82, 2.24) is 5.32 Å². The zero-order valence-corrected chi connectivity index (χ0v) is 17.4. The van der Waals surface area contributed by atoms with Gasteiger partial charge in [-0.15, -0.1) is 12.4 Å². The van der Waals surface area contributed by atoms with Gasteiger partial charge in [0.15, 0.2) is 0 Å². The molecule has 0 aromatic heterocycles. The summed E-state index contributed by atoms with van der Waals surface area (Å²) in [5.41, 5.74) is 6.79. The van der Waals surface area contributed by atoms with Crippen LogP contribution in [-0.2, 0) is 14.3 Å². The number of rotatable bonds is 6. The van der Waals surface area contributed by atoms with E-state index < -0.39 is 17.6 Å². The smallest absolute Gasteiger partial charge is 0.328 e. The van der Waals surface area contributed by atoms with Crippen LogP contribution in [0.15, 0.2) is 24.3 Å². The lowest BCUT2D eigenvalue weighted by molar-refractivity contribution is -0.144. The number of anilines is 1. The molecule has 3 unspecified atom stereocenters. The molecule has 1 aliphatic rings. The topological polar surface area (TPSA) is 111 Å². The fourth-order valence-electron chi connectivity index (χ4n) is 3.33. The third-order valence-electron chi connectivity index (χ3n) is 4.97. The fourth-order valence-corrected chi connectivity index (χ4v) is 3.33. The molecule has 2 rings (SSSR count). The van der Waals surface area contributed by atoms with Gasteiger partial charge in [0.1, 0.15) is 6.04 Å². The number of carbonyl (C=O) groups excluding carboxylic acids is 3. The Kier molecular flexibility index (Phi) is 8.91. The minimum Gasteiger partial charge on any atom is -0.464 e. The number of halogens is 1. The first-order valence-corrected chi connectivity index (χ1v) is 9.42. The first-order valence-electron chi connectivity index (χ1n) is 9.42. The van der Waals surface area contributed by atoms with Gasteiger partial charge in [0.2, 0.25) is 5.91 Å². The molecule has 2 amide bonds. The molecule has 1 fully saturated rings. The van der Waals surface area contributed by atoms with Crippen molar-refractivity contribution in [1.29, 1.82) is 0 Å². The van der Waals surface area contributed by atoms with Crippen LogP contribution in [-0.4, -0.2) is 36.0 Å². The molecule has 1 aromatic rings. The molecular formula is C20H30ClN3O4. The van der Waals surface area contributed by atoms with Gasteiger partial charge < -0.3 is 21.1 Å². The third-order valence-corrected chi connectivity index (χ3v) is 4.97. The highest BCUT2D eigenvalue weighted by Crippen LogP contribution is 2.32. The summed E-state index contributed by atoms with van der Waals surface area (Å²) in [6, 6.07) is 5.80. The van der Waals surface area contributed by atoms with Gasteiger partial charge in [0.05, 0.1) is 12.5 Å². The van der Waals surface area contributed by atoms with Gasteiger partial charge in [-0.05, 0) is 57.9 Å². The summed E-state index contributed by atoms with van der Waals surface area (Å²) in [5.74, 6) is -1.17. The van der Waals surface area contributed by atoms with Gasteiger partial charge in [-0.3, -0.25) is 9.59 Å². The van der Waals surface area contributed by atoms with Crippen LogP contribution in [0.2, 0.25) is 0 Å². The van der Waals surface area contributed by atoms with E-state index in [9.17, 15) is 14.4 Å². The number of nitrogens with two attached hydrogens (primary N) is 1. The summed E-state index contributed by atoms with van der Waals surface area (Å²) < 4.78 is 4.87. The average molecular weight is 412 g/mol. The van der Waals surface area contributed by atoms with E-state index >= 15 is 0 Å². The van der Waals surface area contributed by atoms with Crippen LogP contribution in [0.4, 0.5) is 5.69 Å². The summed E-state index contributed by atoms with van der Waals surface area (Å²) in [4.78, 5) is 36.4. The Morgan fingerprint density at radius 2 is 1.89 bits per heavy atom. The van der Waals surface area contributed by atoms with Gasteiger partial charge >= 0.3 is 5.97 Å². The van der Waals surface area contributed by atoms with Crippen molar-refractivity contribution in [2.75, 3.05) is 11.9 Å². The maximum atomic E-state index is 12.6. The van der Waals surface area contributed by atoms with Crippen molar-refractivity contribution in [2.45, 2.75) is 58.0 Å². The maximum Gasteiger partial charge on any atom is 0.328 e. The average Bonchev–Trinajstić information content (AvgIpc) is 2.61. The number of benzene rings is 1. The van der Waals surface area contributed by atoms with Crippen LogP contribution in [0.25, 0.3) is 0 Å². The van der Waals surface area contributed by atoms with Crippen LogP contribution >= 0.6 is 12.4 Å². The molecule has 0 heterocycles. The van der Waals surface area contributed by atoms with Crippen molar-refractivity contribution < 1.29 is 19.1 Å². The molecule has 1 aromatic carbocycles. The highest BCUT2D eigenvalue weighted by Gasteiger charge is 2.37. The quantitative estimate of drug-likeness (QED) is 0.623. The van der Waals surface area contributed by atoms with E-state index in [0.29, 0.717) is 11.3 Å². The highest BCUT2D eigenvalue weighted by molar-refractivity contribution is 5.98. The molecule has 1 saturated carbocycles. The number of nitrogens with one attached hydrogen (secondary N) is 2. The largest absolute Gasteiger partial charge is 0.464 e. The molecule has 0 spiro atoms. The summed E-state index contributed by atoms with van der Waals surface area (Å²) in [6.45, 7) is 5.46. The van der Waals surface area contributed by atoms with E-state index in [-0.39, 0.29) is 36.7 Å². The summed E-state index contributed by atoms with van der Waals surface area (Å²) in [6.07, 6.45) is 3.67. The molecule has 0 bridgehead atoms. The van der Waals surface area contributed by atoms with Crippen LogP contribution in [0, 0.1) is 5.92 Å². The van der Waals surface area contributed by atoms with Crippen molar-refractivity contribution in [3.63, 3.8) is 0 Å². The van der Waals surface area contributed by atoms with Gasteiger partial charge in [0, 0.05) is 16.8 Å². The van der Waals surface area contributed by atoms with Gasteiger partial charge in [-0.2, -0.15) is 0 Å². The Bertz CT molecular complexity index is 691. The van der Waals surface area contributed by atoms with E-state index in [0.717, 1.165) is 25.7 Å².